The van der Waals surface area contributed by atoms with Crippen LogP contribution in [0.1, 0.15) is 0 Å². The molecule has 0 aliphatic carbocycles. The molecule has 2 aromatic heterocycles. The first-order valence-corrected chi connectivity index (χ1v) is 18.1. The van der Waals surface area contributed by atoms with E-state index in [4.69, 9.17) is 0 Å². The number of nitrogens with zero attached hydrogens (tertiary/aromatic N) is 2. The Labute approximate surface area is 317 Å². The third-order valence-corrected chi connectivity index (χ3v) is 9.77. The monoisotopic (exact) mass is 690 g/mol. The van der Waals surface area contributed by atoms with Crippen LogP contribution in [0.25, 0.3) is 88.6 Å². The topological polar surface area (TPSA) is 25.8 Å². The second kappa shape index (κ2) is 15.6. The molecule has 0 amide bonds. The van der Waals surface area contributed by atoms with E-state index in [1.807, 2.05) is 36.7 Å². The summed E-state index contributed by atoms with van der Waals surface area (Å²) in [5.41, 5.74) is 13.7. The first kappa shape index (κ1) is 34.0. The summed E-state index contributed by atoms with van der Waals surface area (Å²) in [6.45, 7) is 6.72. The van der Waals surface area contributed by atoms with Gasteiger partial charge in [0.1, 0.15) is 0 Å². The van der Waals surface area contributed by atoms with Crippen molar-refractivity contribution in [3.05, 3.63) is 220 Å². The molecule has 0 saturated heterocycles. The van der Waals surface area contributed by atoms with Gasteiger partial charge in [-0.1, -0.05) is 171 Å². The van der Waals surface area contributed by atoms with Crippen LogP contribution in [-0.4, -0.2) is 9.97 Å². The first-order valence-electron chi connectivity index (χ1n) is 18.1. The van der Waals surface area contributed by atoms with Crippen molar-refractivity contribution in [3.8, 4) is 67.0 Å². The maximum absolute atomic E-state index is 4.60. The Kier molecular flexibility index (Phi) is 9.82. The standard InChI is InChI=1S/C48H32N2.C4H6/c1-3-11-33(12-4-1)39-25-27-41-43(31-39)47(37-21-17-35(18-22-37)45-15-7-9-29-49-45)42-28-26-40(34-13-5-2-6-14-34)32-44(42)48(41)38-23-19-36(20-24-38)46-16-8-10-30-50-46;1-3-4-2/h1-32H;3-4H,1-2H2. The minimum atomic E-state index is 0.970. The lowest BCUT2D eigenvalue weighted by Crippen LogP contribution is -1.93. The van der Waals surface area contributed by atoms with E-state index in [0.717, 1.165) is 22.5 Å². The molecule has 0 bridgehead atoms. The molecule has 0 atom stereocenters. The Morgan fingerprint density at radius 3 is 1.00 bits per heavy atom. The second-order valence-corrected chi connectivity index (χ2v) is 13.1. The fourth-order valence-electron chi connectivity index (χ4n) is 7.15. The van der Waals surface area contributed by atoms with Crippen LogP contribution in [0, 0.1) is 0 Å². The van der Waals surface area contributed by atoms with Crippen LogP contribution < -0.4 is 0 Å². The van der Waals surface area contributed by atoms with Crippen molar-refractivity contribution in [2.24, 2.45) is 0 Å². The summed E-state index contributed by atoms with van der Waals surface area (Å²) in [6.07, 6.45) is 6.97. The number of hydrogen-bond donors (Lipinski definition) is 0. The molecular formula is C52H38N2. The highest BCUT2D eigenvalue weighted by Gasteiger charge is 2.19. The highest BCUT2D eigenvalue weighted by molar-refractivity contribution is 6.22. The number of aromatic nitrogens is 2. The van der Waals surface area contributed by atoms with E-state index in [9.17, 15) is 0 Å². The van der Waals surface area contributed by atoms with Crippen LogP contribution >= 0.6 is 0 Å². The fourth-order valence-corrected chi connectivity index (χ4v) is 7.15. The minimum absolute atomic E-state index is 0.970. The summed E-state index contributed by atoms with van der Waals surface area (Å²) in [5, 5.41) is 4.88. The molecule has 0 N–H and O–H groups in total. The molecule has 9 aromatic rings. The van der Waals surface area contributed by atoms with E-state index in [-0.39, 0.29) is 0 Å². The van der Waals surface area contributed by atoms with Gasteiger partial charge >= 0.3 is 0 Å². The summed E-state index contributed by atoms with van der Waals surface area (Å²) in [7, 11) is 0. The zero-order valence-electron chi connectivity index (χ0n) is 29.9. The molecule has 256 valence electrons. The Morgan fingerprint density at radius 1 is 0.296 bits per heavy atom. The molecule has 0 fully saturated rings. The summed E-state index contributed by atoms with van der Waals surface area (Å²) in [5.74, 6) is 0. The summed E-state index contributed by atoms with van der Waals surface area (Å²) in [4.78, 5) is 9.20. The predicted octanol–water partition coefficient (Wildman–Crippen LogP) is 14.1. The van der Waals surface area contributed by atoms with Gasteiger partial charge in [-0.15, -0.1) is 0 Å². The lowest BCUT2D eigenvalue weighted by atomic mass is 9.83. The van der Waals surface area contributed by atoms with E-state index < -0.39 is 0 Å². The van der Waals surface area contributed by atoms with Gasteiger partial charge in [-0.25, -0.2) is 0 Å². The quantitative estimate of drug-likeness (QED) is 0.123. The van der Waals surface area contributed by atoms with Gasteiger partial charge in [-0.2, -0.15) is 0 Å². The maximum atomic E-state index is 4.60. The predicted molar refractivity (Wildman–Crippen MR) is 230 cm³/mol. The zero-order valence-corrected chi connectivity index (χ0v) is 29.9. The Morgan fingerprint density at radius 2 is 0.648 bits per heavy atom. The number of allylic oxidation sites excluding steroid dienone is 2. The molecule has 54 heavy (non-hydrogen) atoms. The highest BCUT2D eigenvalue weighted by Crippen LogP contribution is 2.46. The summed E-state index contributed by atoms with van der Waals surface area (Å²) < 4.78 is 0. The number of pyridine rings is 2. The third kappa shape index (κ3) is 6.89. The van der Waals surface area contributed by atoms with E-state index in [1.54, 1.807) is 12.2 Å². The van der Waals surface area contributed by atoms with Crippen molar-refractivity contribution in [2.45, 2.75) is 0 Å². The lowest BCUT2D eigenvalue weighted by Gasteiger charge is -2.20. The van der Waals surface area contributed by atoms with E-state index in [2.05, 4.69) is 181 Å². The molecule has 0 spiro atoms. The van der Waals surface area contributed by atoms with E-state index in [0.29, 0.717) is 0 Å². The molecule has 2 heterocycles. The number of benzene rings is 7. The Balaban J connectivity index is 0.000000987. The number of fused-ring (bicyclic) bond motifs is 2. The Hall–Kier alpha value is -7.16. The second-order valence-electron chi connectivity index (χ2n) is 13.1. The van der Waals surface area contributed by atoms with Crippen molar-refractivity contribution in [1.82, 2.24) is 9.97 Å². The van der Waals surface area contributed by atoms with Crippen LogP contribution in [0.3, 0.4) is 0 Å². The van der Waals surface area contributed by atoms with Gasteiger partial charge in [-0.3, -0.25) is 9.97 Å². The third-order valence-electron chi connectivity index (χ3n) is 9.77. The maximum Gasteiger partial charge on any atom is 0.0701 e. The largest absolute Gasteiger partial charge is 0.256 e. The smallest absolute Gasteiger partial charge is 0.0701 e. The van der Waals surface area contributed by atoms with Crippen molar-refractivity contribution in [2.75, 3.05) is 0 Å². The number of rotatable bonds is 7. The molecule has 0 aliphatic heterocycles. The normalized spacial score (nSPS) is 10.7. The van der Waals surface area contributed by atoms with Gasteiger partial charge in [0.05, 0.1) is 11.4 Å². The van der Waals surface area contributed by atoms with Crippen LogP contribution in [0.5, 0.6) is 0 Å². The van der Waals surface area contributed by atoms with E-state index in [1.165, 1.54) is 66.1 Å². The number of hydrogen-bond acceptors (Lipinski definition) is 2. The van der Waals surface area contributed by atoms with Crippen LogP contribution in [0.4, 0.5) is 0 Å². The van der Waals surface area contributed by atoms with E-state index >= 15 is 0 Å². The molecule has 0 radical (unpaired) electrons. The molecule has 2 nitrogen and oxygen atoms in total. The van der Waals surface area contributed by atoms with Gasteiger partial charge in [-0.05, 0) is 102 Å². The first-order chi connectivity index (χ1) is 26.7. The average Bonchev–Trinajstić information content (AvgIpc) is 3.26. The minimum Gasteiger partial charge on any atom is -0.256 e. The highest BCUT2D eigenvalue weighted by atomic mass is 14.7. The molecule has 0 saturated carbocycles. The van der Waals surface area contributed by atoms with Gasteiger partial charge in [0.25, 0.3) is 0 Å². The van der Waals surface area contributed by atoms with Crippen molar-refractivity contribution in [1.29, 1.82) is 0 Å². The van der Waals surface area contributed by atoms with Crippen LogP contribution in [0.15, 0.2) is 220 Å². The van der Waals surface area contributed by atoms with Crippen molar-refractivity contribution < 1.29 is 0 Å². The molecular weight excluding hydrogens is 653 g/mol. The SMILES string of the molecule is C=CC=C.c1ccc(-c2ccc3c(-c4ccc(-c5ccccn5)cc4)c4cc(-c5ccccc5)ccc4c(-c4ccc(-c5ccccn5)cc4)c3c2)cc1. The van der Waals surface area contributed by atoms with Crippen LogP contribution in [0.2, 0.25) is 0 Å². The zero-order chi connectivity index (χ0) is 36.7. The molecule has 0 unspecified atom stereocenters. The van der Waals surface area contributed by atoms with Crippen molar-refractivity contribution >= 4 is 21.5 Å². The van der Waals surface area contributed by atoms with Gasteiger partial charge < -0.3 is 0 Å². The molecule has 9 rings (SSSR count). The molecule has 7 aromatic carbocycles. The Bertz CT molecular complexity index is 2490. The molecule has 0 aliphatic rings. The summed E-state index contributed by atoms with van der Waals surface area (Å²) >= 11 is 0. The van der Waals surface area contributed by atoms with Gasteiger partial charge in [0, 0.05) is 23.5 Å². The van der Waals surface area contributed by atoms with Gasteiger partial charge in [0.15, 0.2) is 0 Å². The lowest BCUT2D eigenvalue weighted by molar-refractivity contribution is 1.33. The fraction of sp³-hybridized carbons (Fsp3) is 0. The summed E-state index contributed by atoms with van der Waals surface area (Å²) in [6, 6.07) is 65.1. The molecule has 2 heteroatoms. The van der Waals surface area contributed by atoms with Gasteiger partial charge in [0.2, 0.25) is 0 Å². The average molecular weight is 691 g/mol. The van der Waals surface area contributed by atoms with Crippen molar-refractivity contribution in [3.63, 3.8) is 0 Å². The van der Waals surface area contributed by atoms with Crippen LogP contribution in [-0.2, 0) is 0 Å².